The molecule has 0 radical (unpaired) electrons. The molecule has 2 aromatic carbocycles. The molecule has 3 aromatic rings. The number of carbonyl (C=O) groups is 1. The predicted octanol–water partition coefficient (Wildman–Crippen LogP) is 2.62. The Balaban J connectivity index is 1.68. The molecule has 1 saturated heterocycles. The number of benzene rings is 2. The third-order valence-corrected chi connectivity index (χ3v) is 5.09. The standard InChI is InChI=1S/C22H23N3O3/c1-16-6-8-17(9-7-16)21-18-4-2-3-5-19(18)22(27)25(23-21)11-10-20(26)24-12-14-28-15-13-24/h2-9H,10-15H2,1H3. The minimum absolute atomic E-state index is 0.0297. The Bertz CT molecular complexity index is 1050. The fourth-order valence-corrected chi connectivity index (χ4v) is 3.48. The van der Waals surface area contributed by atoms with Crippen molar-refractivity contribution in [3.8, 4) is 11.3 Å². The number of morpholine rings is 1. The van der Waals surface area contributed by atoms with Crippen molar-refractivity contribution >= 4 is 16.7 Å². The number of carbonyl (C=O) groups excluding carboxylic acids is 1. The summed E-state index contributed by atoms with van der Waals surface area (Å²) in [6, 6.07) is 15.6. The second-order valence-electron chi connectivity index (χ2n) is 7.03. The zero-order valence-electron chi connectivity index (χ0n) is 15.9. The highest BCUT2D eigenvalue weighted by Crippen LogP contribution is 2.24. The molecule has 0 aliphatic carbocycles. The van der Waals surface area contributed by atoms with E-state index in [4.69, 9.17) is 4.74 Å². The van der Waals surface area contributed by atoms with E-state index < -0.39 is 0 Å². The number of nitrogens with zero attached hydrogens (tertiary/aromatic N) is 3. The summed E-state index contributed by atoms with van der Waals surface area (Å²) in [6.07, 6.45) is 0.249. The first-order valence-corrected chi connectivity index (χ1v) is 9.56. The summed E-state index contributed by atoms with van der Waals surface area (Å²) in [5, 5.41) is 6.07. The van der Waals surface area contributed by atoms with Crippen LogP contribution in [0.2, 0.25) is 0 Å². The molecule has 6 heteroatoms. The molecule has 0 atom stereocenters. The molecule has 144 valence electrons. The summed E-state index contributed by atoms with van der Waals surface area (Å²) >= 11 is 0. The van der Waals surface area contributed by atoms with Crippen molar-refractivity contribution in [2.45, 2.75) is 19.9 Å². The van der Waals surface area contributed by atoms with Crippen LogP contribution < -0.4 is 5.56 Å². The van der Waals surface area contributed by atoms with E-state index in [0.717, 1.165) is 22.2 Å². The van der Waals surface area contributed by atoms with Gasteiger partial charge in [0.2, 0.25) is 5.91 Å². The molecule has 1 amide bonds. The third-order valence-electron chi connectivity index (χ3n) is 5.09. The van der Waals surface area contributed by atoms with Crippen molar-refractivity contribution in [2.75, 3.05) is 26.3 Å². The molecule has 0 bridgehead atoms. The lowest BCUT2D eigenvalue weighted by molar-refractivity contribution is -0.135. The van der Waals surface area contributed by atoms with Crippen LogP contribution in [0.15, 0.2) is 53.3 Å². The van der Waals surface area contributed by atoms with E-state index in [9.17, 15) is 9.59 Å². The molecular weight excluding hydrogens is 354 g/mol. The number of aryl methyl sites for hydroxylation is 2. The molecule has 0 unspecified atom stereocenters. The molecule has 0 saturated carbocycles. The van der Waals surface area contributed by atoms with Crippen molar-refractivity contribution < 1.29 is 9.53 Å². The van der Waals surface area contributed by atoms with Gasteiger partial charge in [-0.3, -0.25) is 9.59 Å². The monoisotopic (exact) mass is 377 g/mol. The van der Waals surface area contributed by atoms with E-state index in [2.05, 4.69) is 5.10 Å². The van der Waals surface area contributed by atoms with Crippen LogP contribution in [0, 0.1) is 6.92 Å². The lowest BCUT2D eigenvalue weighted by atomic mass is 10.0. The number of fused-ring (bicyclic) bond motifs is 1. The Morgan fingerprint density at radius 3 is 2.43 bits per heavy atom. The molecule has 2 heterocycles. The lowest BCUT2D eigenvalue weighted by Crippen LogP contribution is -2.41. The molecule has 4 rings (SSSR count). The van der Waals surface area contributed by atoms with Gasteiger partial charge in [-0.2, -0.15) is 5.10 Å². The van der Waals surface area contributed by atoms with Crippen LogP contribution >= 0.6 is 0 Å². The smallest absolute Gasteiger partial charge is 0.274 e. The van der Waals surface area contributed by atoms with Gasteiger partial charge in [0.15, 0.2) is 0 Å². The van der Waals surface area contributed by atoms with Gasteiger partial charge in [-0.1, -0.05) is 48.0 Å². The van der Waals surface area contributed by atoms with Gasteiger partial charge < -0.3 is 9.64 Å². The summed E-state index contributed by atoms with van der Waals surface area (Å²) in [5.74, 6) is 0.0297. The third kappa shape index (κ3) is 3.68. The second kappa shape index (κ2) is 7.94. The first-order valence-electron chi connectivity index (χ1n) is 9.56. The molecule has 1 aliphatic heterocycles. The van der Waals surface area contributed by atoms with Crippen LogP contribution in [-0.4, -0.2) is 46.9 Å². The topological polar surface area (TPSA) is 64.4 Å². The number of ether oxygens (including phenoxy) is 1. The minimum atomic E-state index is -0.166. The highest BCUT2D eigenvalue weighted by Gasteiger charge is 2.18. The first kappa shape index (κ1) is 18.4. The van der Waals surface area contributed by atoms with E-state index in [0.29, 0.717) is 31.7 Å². The first-order chi connectivity index (χ1) is 13.6. The molecule has 1 aliphatic rings. The Morgan fingerprint density at radius 2 is 1.71 bits per heavy atom. The van der Waals surface area contributed by atoms with Gasteiger partial charge in [0.25, 0.3) is 5.56 Å². The summed E-state index contributed by atoms with van der Waals surface area (Å²) in [7, 11) is 0. The van der Waals surface area contributed by atoms with E-state index >= 15 is 0 Å². The van der Waals surface area contributed by atoms with Crippen molar-refractivity contribution in [1.29, 1.82) is 0 Å². The maximum absolute atomic E-state index is 12.9. The van der Waals surface area contributed by atoms with Gasteiger partial charge >= 0.3 is 0 Å². The van der Waals surface area contributed by atoms with Crippen molar-refractivity contribution in [2.24, 2.45) is 0 Å². The summed E-state index contributed by atoms with van der Waals surface area (Å²) < 4.78 is 6.72. The molecule has 0 N–H and O–H groups in total. The molecule has 6 nitrogen and oxygen atoms in total. The highest BCUT2D eigenvalue weighted by molar-refractivity contribution is 5.93. The van der Waals surface area contributed by atoms with Crippen LogP contribution in [0.3, 0.4) is 0 Å². The Hall–Kier alpha value is -2.99. The van der Waals surface area contributed by atoms with Crippen LogP contribution in [-0.2, 0) is 16.1 Å². The van der Waals surface area contributed by atoms with Gasteiger partial charge in [0.05, 0.1) is 30.8 Å². The number of amides is 1. The molecule has 28 heavy (non-hydrogen) atoms. The Morgan fingerprint density at radius 1 is 1.04 bits per heavy atom. The fraction of sp³-hybridized carbons (Fsp3) is 0.318. The number of hydrogen-bond donors (Lipinski definition) is 0. The van der Waals surface area contributed by atoms with Gasteiger partial charge in [0, 0.05) is 30.5 Å². The predicted molar refractivity (Wildman–Crippen MR) is 108 cm³/mol. The van der Waals surface area contributed by atoms with Crippen molar-refractivity contribution in [3.05, 3.63) is 64.4 Å². The Labute approximate surface area is 163 Å². The van der Waals surface area contributed by atoms with Crippen LogP contribution in [0.5, 0.6) is 0 Å². The summed E-state index contributed by atoms with van der Waals surface area (Å²) in [4.78, 5) is 27.2. The number of aromatic nitrogens is 2. The average molecular weight is 377 g/mol. The van der Waals surface area contributed by atoms with E-state index in [-0.39, 0.29) is 24.4 Å². The van der Waals surface area contributed by atoms with E-state index in [1.54, 1.807) is 4.90 Å². The Kier molecular flexibility index (Phi) is 5.21. The fourth-order valence-electron chi connectivity index (χ4n) is 3.48. The summed E-state index contributed by atoms with van der Waals surface area (Å²) in [6.45, 7) is 4.64. The van der Waals surface area contributed by atoms with Gasteiger partial charge in [-0.05, 0) is 13.0 Å². The van der Waals surface area contributed by atoms with Gasteiger partial charge in [-0.25, -0.2) is 4.68 Å². The SMILES string of the molecule is Cc1ccc(-c2nn(CCC(=O)N3CCOCC3)c(=O)c3ccccc23)cc1. The largest absolute Gasteiger partial charge is 0.378 e. The van der Waals surface area contributed by atoms with E-state index in [1.807, 2.05) is 55.5 Å². The zero-order valence-corrected chi connectivity index (χ0v) is 15.9. The maximum atomic E-state index is 12.9. The van der Waals surface area contributed by atoms with Crippen molar-refractivity contribution in [3.63, 3.8) is 0 Å². The quantitative estimate of drug-likeness (QED) is 0.701. The van der Waals surface area contributed by atoms with E-state index in [1.165, 1.54) is 4.68 Å². The molecule has 1 fully saturated rings. The van der Waals surface area contributed by atoms with Crippen molar-refractivity contribution in [1.82, 2.24) is 14.7 Å². The molecular formula is C22H23N3O3. The summed E-state index contributed by atoms with van der Waals surface area (Å²) in [5.41, 5.74) is 2.71. The van der Waals surface area contributed by atoms with Gasteiger partial charge in [-0.15, -0.1) is 0 Å². The van der Waals surface area contributed by atoms with Gasteiger partial charge in [0.1, 0.15) is 0 Å². The lowest BCUT2D eigenvalue weighted by Gasteiger charge is -2.26. The normalized spacial score (nSPS) is 14.4. The molecule has 1 aromatic heterocycles. The number of rotatable bonds is 4. The van der Waals surface area contributed by atoms with Crippen LogP contribution in [0.25, 0.3) is 22.0 Å². The second-order valence-corrected chi connectivity index (χ2v) is 7.03. The highest BCUT2D eigenvalue weighted by atomic mass is 16.5. The average Bonchev–Trinajstić information content (AvgIpc) is 2.74. The molecule has 0 spiro atoms. The minimum Gasteiger partial charge on any atom is -0.378 e. The zero-order chi connectivity index (χ0) is 19.5. The van der Waals surface area contributed by atoms with Crippen LogP contribution in [0.4, 0.5) is 0 Å². The van der Waals surface area contributed by atoms with Crippen LogP contribution in [0.1, 0.15) is 12.0 Å². The number of hydrogen-bond acceptors (Lipinski definition) is 4. The maximum Gasteiger partial charge on any atom is 0.274 e.